The quantitative estimate of drug-likeness (QED) is 0.190. The van der Waals surface area contributed by atoms with Crippen LogP contribution < -0.4 is 4.57 Å². The predicted molar refractivity (Wildman–Crippen MR) is 187 cm³/mol. The minimum atomic E-state index is -0.160. The fourth-order valence-corrected chi connectivity index (χ4v) is 8.71. The highest BCUT2D eigenvalue weighted by atomic mass is 15.0. The standard InChI is InChI=1S/C42H36N3/c1-6-42(7-2)26(3)44-21-19-27-12-8-9-13-30(27)39(44)32-22-28(16-17-34(32)42)29-23-31-33-25-43-20-18-37(33)45-38-15-11-10-14-35(38)41(4,5)36(24-29)40(31)45/h8-25H,3,6-7H2,1-2,4-5H3/q+1. The largest absolute Gasteiger partial charge is 0.309 e. The molecular formula is C42H36N3+. The van der Waals surface area contributed by atoms with Gasteiger partial charge < -0.3 is 4.57 Å². The van der Waals surface area contributed by atoms with E-state index in [1.807, 2.05) is 12.4 Å². The Balaban J connectivity index is 1.37. The van der Waals surface area contributed by atoms with Crippen LogP contribution in [0.25, 0.3) is 66.3 Å². The fourth-order valence-electron chi connectivity index (χ4n) is 8.71. The smallest absolute Gasteiger partial charge is 0.226 e. The molecule has 5 heterocycles. The molecule has 0 radical (unpaired) electrons. The lowest BCUT2D eigenvalue weighted by Crippen LogP contribution is -2.48. The number of benzene rings is 4. The summed E-state index contributed by atoms with van der Waals surface area (Å²) in [5, 5.41) is 4.97. The average molecular weight is 583 g/mol. The third-order valence-electron chi connectivity index (χ3n) is 11.2. The van der Waals surface area contributed by atoms with Gasteiger partial charge >= 0.3 is 0 Å². The molecule has 4 aromatic carbocycles. The van der Waals surface area contributed by atoms with Gasteiger partial charge in [0.05, 0.1) is 33.1 Å². The lowest BCUT2D eigenvalue weighted by atomic mass is 9.68. The summed E-state index contributed by atoms with van der Waals surface area (Å²) < 4.78 is 4.83. The first-order chi connectivity index (χ1) is 21.9. The first-order valence-corrected chi connectivity index (χ1v) is 16.2. The maximum atomic E-state index is 4.72. The number of aromatic nitrogens is 3. The van der Waals surface area contributed by atoms with E-state index in [0.717, 1.165) is 12.8 Å². The highest BCUT2D eigenvalue weighted by Crippen LogP contribution is 2.51. The van der Waals surface area contributed by atoms with Gasteiger partial charge in [-0.3, -0.25) is 4.98 Å². The summed E-state index contributed by atoms with van der Waals surface area (Å²) >= 11 is 0. The summed E-state index contributed by atoms with van der Waals surface area (Å²) in [5.74, 6) is 0. The van der Waals surface area contributed by atoms with Crippen LogP contribution in [0.5, 0.6) is 0 Å². The number of hydrogen-bond acceptors (Lipinski definition) is 1. The number of nitrogens with zero attached hydrogens (tertiary/aromatic N) is 3. The summed E-state index contributed by atoms with van der Waals surface area (Å²) in [7, 11) is 0. The Hall–Kier alpha value is -5.02. The number of para-hydroxylation sites is 1. The van der Waals surface area contributed by atoms with Crippen molar-refractivity contribution in [2.45, 2.75) is 51.4 Å². The van der Waals surface area contributed by atoms with Crippen LogP contribution in [0.15, 0.2) is 116 Å². The zero-order valence-corrected chi connectivity index (χ0v) is 26.4. The molecule has 0 spiro atoms. The Bertz CT molecular complexity index is 2400. The molecule has 218 valence electrons. The molecule has 3 nitrogen and oxygen atoms in total. The summed E-state index contributed by atoms with van der Waals surface area (Å²) in [4.78, 5) is 4.58. The van der Waals surface area contributed by atoms with Crippen molar-refractivity contribution in [1.82, 2.24) is 9.55 Å². The van der Waals surface area contributed by atoms with E-state index in [4.69, 9.17) is 6.58 Å². The second-order valence-electron chi connectivity index (χ2n) is 13.4. The van der Waals surface area contributed by atoms with Crippen molar-refractivity contribution in [3.05, 3.63) is 133 Å². The molecule has 3 heteroatoms. The maximum Gasteiger partial charge on any atom is 0.226 e. The molecule has 0 N–H and O–H groups in total. The number of rotatable bonds is 3. The second-order valence-corrected chi connectivity index (χ2v) is 13.4. The summed E-state index contributed by atoms with van der Waals surface area (Å²) in [6, 6.07) is 34.1. The Morgan fingerprint density at radius 2 is 1.56 bits per heavy atom. The van der Waals surface area contributed by atoms with E-state index in [9.17, 15) is 0 Å². The van der Waals surface area contributed by atoms with E-state index in [1.54, 1.807) is 0 Å². The molecule has 45 heavy (non-hydrogen) atoms. The van der Waals surface area contributed by atoms with Crippen LogP contribution in [0.2, 0.25) is 0 Å². The van der Waals surface area contributed by atoms with E-state index in [0.29, 0.717) is 0 Å². The summed E-state index contributed by atoms with van der Waals surface area (Å²) in [6.45, 7) is 14.1. The molecule has 0 amide bonds. The van der Waals surface area contributed by atoms with Gasteiger partial charge in [-0.05, 0) is 89.0 Å². The first kappa shape index (κ1) is 26.4. The average Bonchev–Trinajstić information content (AvgIpc) is 3.42. The zero-order chi connectivity index (χ0) is 30.7. The maximum absolute atomic E-state index is 4.72. The minimum absolute atomic E-state index is 0.116. The van der Waals surface area contributed by atoms with Crippen molar-refractivity contribution in [2.24, 2.45) is 0 Å². The van der Waals surface area contributed by atoms with Crippen molar-refractivity contribution in [2.75, 3.05) is 0 Å². The molecule has 0 unspecified atom stereocenters. The third kappa shape index (κ3) is 3.25. The van der Waals surface area contributed by atoms with E-state index in [1.165, 1.54) is 83.0 Å². The van der Waals surface area contributed by atoms with Crippen molar-refractivity contribution in [1.29, 1.82) is 0 Å². The Labute approximate surface area is 264 Å². The van der Waals surface area contributed by atoms with Gasteiger partial charge in [0.1, 0.15) is 0 Å². The fraction of sp³-hybridized carbons (Fsp3) is 0.190. The monoisotopic (exact) mass is 582 g/mol. The van der Waals surface area contributed by atoms with Gasteiger partial charge in [0.2, 0.25) is 5.69 Å². The van der Waals surface area contributed by atoms with Crippen molar-refractivity contribution >= 4 is 38.3 Å². The van der Waals surface area contributed by atoms with Crippen LogP contribution in [0.1, 0.15) is 57.2 Å². The van der Waals surface area contributed by atoms with Gasteiger partial charge in [-0.1, -0.05) is 76.2 Å². The highest BCUT2D eigenvalue weighted by Gasteiger charge is 2.46. The molecular weight excluding hydrogens is 546 g/mol. The summed E-state index contributed by atoms with van der Waals surface area (Å²) in [6.07, 6.45) is 8.19. The van der Waals surface area contributed by atoms with Crippen LogP contribution in [0.4, 0.5) is 0 Å². The van der Waals surface area contributed by atoms with Crippen LogP contribution in [-0.4, -0.2) is 9.55 Å². The van der Waals surface area contributed by atoms with Crippen LogP contribution in [0.3, 0.4) is 0 Å². The molecule has 9 rings (SSSR count). The molecule has 0 aliphatic carbocycles. The van der Waals surface area contributed by atoms with Gasteiger partial charge in [-0.2, -0.15) is 4.57 Å². The highest BCUT2D eigenvalue weighted by molar-refractivity contribution is 6.12. The number of fused-ring (bicyclic) bond motifs is 10. The number of pyridine rings is 2. The van der Waals surface area contributed by atoms with Crippen molar-refractivity contribution in [3.8, 4) is 28.1 Å². The molecule has 0 fully saturated rings. The lowest BCUT2D eigenvalue weighted by molar-refractivity contribution is -0.576. The Morgan fingerprint density at radius 3 is 2.40 bits per heavy atom. The molecule has 0 bridgehead atoms. The van der Waals surface area contributed by atoms with Gasteiger partial charge in [0.15, 0.2) is 11.9 Å². The van der Waals surface area contributed by atoms with E-state index in [2.05, 4.69) is 139 Å². The van der Waals surface area contributed by atoms with E-state index >= 15 is 0 Å². The van der Waals surface area contributed by atoms with Crippen molar-refractivity contribution < 1.29 is 4.57 Å². The third-order valence-corrected chi connectivity index (χ3v) is 11.2. The molecule has 2 aliphatic heterocycles. The van der Waals surface area contributed by atoms with E-state index in [-0.39, 0.29) is 10.8 Å². The van der Waals surface area contributed by atoms with Gasteiger partial charge in [-0.25, -0.2) is 0 Å². The van der Waals surface area contributed by atoms with Crippen LogP contribution in [0, 0.1) is 0 Å². The van der Waals surface area contributed by atoms with E-state index < -0.39 is 0 Å². The summed E-state index contributed by atoms with van der Waals surface area (Å²) in [5.41, 5.74) is 13.8. The normalized spacial score (nSPS) is 15.7. The Morgan fingerprint density at radius 1 is 0.756 bits per heavy atom. The predicted octanol–water partition coefficient (Wildman–Crippen LogP) is 10.1. The van der Waals surface area contributed by atoms with Gasteiger partial charge in [-0.15, -0.1) is 0 Å². The molecule has 0 saturated carbocycles. The van der Waals surface area contributed by atoms with Gasteiger partial charge in [0, 0.05) is 34.6 Å². The zero-order valence-electron chi connectivity index (χ0n) is 26.4. The topological polar surface area (TPSA) is 21.7 Å². The minimum Gasteiger partial charge on any atom is -0.309 e. The SMILES string of the molecule is C=C1[n+]2ccc3ccccc3c2-c2cc(-c3cc4c5c(c3)c3cnccc3n5-c3ccccc3C4(C)C)ccc2C1(CC)CC. The molecule has 7 aromatic rings. The molecule has 0 atom stereocenters. The second kappa shape index (κ2) is 9.01. The Kier molecular flexibility index (Phi) is 5.29. The molecule has 0 saturated heterocycles. The first-order valence-electron chi connectivity index (χ1n) is 16.2. The molecule has 2 aliphatic rings. The van der Waals surface area contributed by atoms with Crippen LogP contribution >= 0.6 is 0 Å². The van der Waals surface area contributed by atoms with Crippen LogP contribution in [-0.2, 0) is 10.8 Å². The lowest BCUT2D eigenvalue weighted by Gasteiger charge is -2.36. The molecule has 3 aromatic heterocycles. The van der Waals surface area contributed by atoms with Crippen molar-refractivity contribution in [3.63, 3.8) is 0 Å². The number of allylic oxidation sites excluding steroid dienone is 1. The van der Waals surface area contributed by atoms with Gasteiger partial charge in [0.25, 0.3) is 0 Å². The number of hydrogen-bond donors (Lipinski definition) is 0.